The maximum absolute atomic E-state index is 12.8. The van der Waals surface area contributed by atoms with Crippen molar-refractivity contribution in [2.45, 2.75) is 175 Å². The predicted octanol–water partition coefficient (Wildman–Crippen LogP) is 16.2. The Kier molecular flexibility index (Phi) is 46.7. The number of rotatable bonds is 41. The van der Waals surface area contributed by atoms with E-state index < -0.39 is 6.10 Å². The van der Waals surface area contributed by atoms with Crippen molar-refractivity contribution in [3.8, 4) is 0 Å². The first-order valence-corrected chi connectivity index (χ1v) is 24.6. The molecule has 6 heteroatoms. The van der Waals surface area contributed by atoms with Gasteiger partial charge in [0.1, 0.15) is 13.2 Å². The zero-order valence-electron chi connectivity index (χ0n) is 40.2. The molecule has 0 saturated heterocycles. The Labute approximate surface area is 390 Å². The molecule has 6 nitrogen and oxygen atoms in total. The monoisotopic (exact) mass is 879 g/mol. The van der Waals surface area contributed by atoms with Gasteiger partial charge in [-0.25, -0.2) is 0 Å². The molecule has 0 aliphatic carbocycles. The first-order valence-electron chi connectivity index (χ1n) is 24.6. The Morgan fingerprint density at radius 2 is 0.641 bits per heavy atom. The fourth-order valence-corrected chi connectivity index (χ4v) is 5.91. The summed E-state index contributed by atoms with van der Waals surface area (Å²) in [7, 11) is 0. The number of allylic oxidation sites excluding steroid dienone is 26. The van der Waals surface area contributed by atoms with Crippen molar-refractivity contribution < 1.29 is 28.6 Å². The van der Waals surface area contributed by atoms with Crippen LogP contribution in [0.25, 0.3) is 0 Å². The molecule has 0 bridgehead atoms. The molecule has 0 radical (unpaired) electrons. The molecule has 0 spiro atoms. The minimum absolute atomic E-state index is 0.123. The quantitative estimate of drug-likeness (QED) is 0.0200. The Morgan fingerprint density at radius 1 is 0.328 bits per heavy atom. The number of unbranched alkanes of at least 4 members (excludes halogenated alkanes) is 12. The van der Waals surface area contributed by atoms with E-state index in [2.05, 4.69) is 93.7 Å². The summed E-state index contributed by atoms with van der Waals surface area (Å²) in [6, 6.07) is 0. The second-order valence-corrected chi connectivity index (χ2v) is 15.5. The van der Waals surface area contributed by atoms with Crippen LogP contribution in [0.4, 0.5) is 0 Å². The molecule has 0 aliphatic heterocycles. The minimum Gasteiger partial charge on any atom is -0.462 e. The summed E-state index contributed by atoms with van der Waals surface area (Å²) in [5, 5.41) is 0. The van der Waals surface area contributed by atoms with Crippen LogP contribution in [0.5, 0.6) is 0 Å². The fraction of sp³-hybridized carbons (Fsp3) is 0.500. The highest BCUT2D eigenvalue weighted by molar-refractivity contribution is 5.71. The van der Waals surface area contributed by atoms with Gasteiger partial charge in [-0.1, -0.05) is 217 Å². The SMILES string of the molecule is CC\C=C/C=C\C=C/C=C\C=C\C=C/CCCCCC(=O)OCC(COC(=O)CCCCCC/C=C\C/C=C\C/C=C\CC)OC(=O)CCCCCCC\C=C/C=C\C=C/C=C\CC. The molecule has 0 amide bonds. The number of hydrogen-bond acceptors (Lipinski definition) is 6. The number of carbonyl (C=O) groups excluding carboxylic acids is 3. The average Bonchev–Trinajstić information content (AvgIpc) is 3.29. The van der Waals surface area contributed by atoms with E-state index >= 15 is 0 Å². The van der Waals surface area contributed by atoms with Gasteiger partial charge in [0, 0.05) is 19.3 Å². The minimum atomic E-state index is -0.826. The largest absolute Gasteiger partial charge is 0.462 e. The van der Waals surface area contributed by atoms with Crippen molar-refractivity contribution in [1.82, 2.24) is 0 Å². The normalized spacial score (nSPS) is 13.5. The number of esters is 3. The molecule has 0 N–H and O–H groups in total. The van der Waals surface area contributed by atoms with E-state index in [1.165, 1.54) is 0 Å². The molecule has 354 valence electrons. The highest BCUT2D eigenvalue weighted by Gasteiger charge is 2.19. The molecule has 0 aromatic heterocycles. The van der Waals surface area contributed by atoms with Gasteiger partial charge in [0.05, 0.1) is 0 Å². The average molecular weight is 879 g/mol. The van der Waals surface area contributed by atoms with E-state index in [0.29, 0.717) is 12.8 Å². The van der Waals surface area contributed by atoms with E-state index in [0.717, 1.165) is 122 Å². The zero-order chi connectivity index (χ0) is 46.5. The lowest BCUT2D eigenvalue weighted by Gasteiger charge is -2.18. The van der Waals surface area contributed by atoms with Gasteiger partial charge in [-0.15, -0.1) is 0 Å². The molecule has 0 fully saturated rings. The smallest absolute Gasteiger partial charge is 0.306 e. The van der Waals surface area contributed by atoms with Crippen molar-refractivity contribution in [2.75, 3.05) is 13.2 Å². The molecule has 1 unspecified atom stereocenters. The lowest BCUT2D eigenvalue weighted by molar-refractivity contribution is -0.167. The van der Waals surface area contributed by atoms with Crippen LogP contribution in [0.1, 0.15) is 168 Å². The molecule has 1 atom stereocenters. The van der Waals surface area contributed by atoms with Crippen LogP contribution < -0.4 is 0 Å². The molecular weight excluding hydrogens is 793 g/mol. The summed E-state index contributed by atoms with van der Waals surface area (Å²) in [5.74, 6) is -1.03. The van der Waals surface area contributed by atoms with E-state index in [9.17, 15) is 14.4 Å². The van der Waals surface area contributed by atoms with Gasteiger partial charge < -0.3 is 14.2 Å². The molecule has 0 rings (SSSR count). The van der Waals surface area contributed by atoms with Gasteiger partial charge in [0.15, 0.2) is 6.10 Å². The lowest BCUT2D eigenvalue weighted by Crippen LogP contribution is -2.30. The first kappa shape index (κ1) is 59.0. The predicted molar refractivity (Wildman–Crippen MR) is 274 cm³/mol. The van der Waals surface area contributed by atoms with Crippen molar-refractivity contribution >= 4 is 17.9 Å². The highest BCUT2D eigenvalue weighted by Crippen LogP contribution is 2.12. The second-order valence-electron chi connectivity index (χ2n) is 15.5. The van der Waals surface area contributed by atoms with Crippen LogP contribution in [0.3, 0.4) is 0 Å². The summed E-state index contributed by atoms with van der Waals surface area (Å²) in [5.41, 5.74) is 0. The number of carbonyl (C=O) groups is 3. The van der Waals surface area contributed by atoms with Crippen LogP contribution in [0.15, 0.2) is 158 Å². The third-order valence-corrected chi connectivity index (χ3v) is 9.51. The van der Waals surface area contributed by atoms with E-state index in [1.807, 2.05) is 85.1 Å². The molecule has 0 aromatic rings. The Morgan fingerprint density at radius 3 is 1.08 bits per heavy atom. The second kappa shape index (κ2) is 50.7. The van der Waals surface area contributed by atoms with E-state index in [-0.39, 0.29) is 44.0 Å². The van der Waals surface area contributed by atoms with Gasteiger partial charge in [0.25, 0.3) is 0 Å². The van der Waals surface area contributed by atoms with Gasteiger partial charge in [-0.2, -0.15) is 0 Å². The molecular formula is C58H86O6. The van der Waals surface area contributed by atoms with Crippen molar-refractivity contribution in [3.63, 3.8) is 0 Å². The highest BCUT2D eigenvalue weighted by atomic mass is 16.6. The van der Waals surface area contributed by atoms with Gasteiger partial charge in [-0.3, -0.25) is 14.4 Å². The van der Waals surface area contributed by atoms with Crippen LogP contribution in [0.2, 0.25) is 0 Å². The van der Waals surface area contributed by atoms with Gasteiger partial charge in [0.2, 0.25) is 0 Å². The first-order chi connectivity index (χ1) is 31.5. The van der Waals surface area contributed by atoms with Gasteiger partial charge in [-0.05, 0) is 89.9 Å². The van der Waals surface area contributed by atoms with E-state index in [1.54, 1.807) is 0 Å². The third kappa shape index (κ3) is 48.1. The van der Waals surface area contributed by atoms with Crippen molar-refractivity contribution in [1.29, 1.82) is 0 Å². The van der Waals surface area contributed by atoms with Crippen molar-refractivity contribution in [2.24, 2.45) is 0 Å². The fourth-order valence-electron chi connectivity index (χ4n) is 5.91. The Bertz CT molecular complexity index is 1520. The van der Waals surface area contributed by atoms with Crippen LogP contribution >= 0.6 is 0 Å². The van der Waals surface area contributed by atoms with Crippen LogP contribution in [-0.4, -0.2) is 37.2 Å². The van der Waals surface area contributed by atoms with Crippen molar-refractivity contribution in [3.05, 3.63) is 158 Å². The molecule has 0 aromatic carbocycles. The number of ether oxygens (including phenoxy) is 3. The maximum atomic E-state index is 12.8. The Balaban J connectivity index is 4.61. The molecule has 0 aliphatic rings. The third-order valence-electron chi connectivity index (χ3n) is 9.51. The lowest BCUT2D eigenvalue weighted by atomic mass is 10.1. The summed E-state index contributed by atoms with van der Waals surface area (Å²) < 4.78 is 16.7. The van der Waals surface area contributed by atoms with E-state index in [4.69, 9.17) is 14.2 Å². The topological polar surface area (TPSA) is 78.9 Å². The summed E-state index contributed by atoms with van der Waals surface area (Å²) in [6.07, 6.45) is 73.6. The molecule has 0 heterocycles. The zero-order valence-corrected chi connectivity index (χ0v) is 40.2. The van der Waals surface area contributed by atoms with Crippen LogP contribution in [-0.2, 0) is 28.6 Å². The molecule has 64 heavy (non-hydrogen) atoms. The standard InChI is InChI=1S/C58H86O6/c1-4-7-10-13-16-19-22-25-28-29-31-33-36-39-42-45-48-51-57(60)63-54-55(53-62-56(59)50-47-44-41-38-35-32-27-24-21-18-15-12-9-6-3)64-58(61)52-49-46-43-40-37-34-30-26-23-20-17-14-11-8-5-2/h7-14,16-23,25-33,36,55H,4-6,15,24,34-35,37-54H2,1-3H3/b10-7-,11-8-,12-9-,16-13-,17-14-,21-18-,22-19-,23-20-,28-25-,30-26-,31-29+,32-27-,36-33-. The summed E-state index contributed by atoms with van der Waals surface area (Å²) in [4.78, 5) is 38.0. The summed E-state index contributed by atoms with van der Waals surface area (Å²) >= 11 is 0. The number of hydrogen-bond donors (Lipinski definition) is 0. The van der Waals surface area contributed by atoms with Crippen LogP contribution in [0, 0.1) is 0 Å². The summed E-state index contributed by atoms with van der Waals surface area (Å²) in [6.45, 7) is 6.12. The Hall–Kier alpha value is -4.97. The maximum Gasteiger partial charge on any atom is 0.306 e. The van der Waals surface area contributed by atoms with Gasteiger partial charge >= 0.3 is 17.9 Å². The molecule has 0 saturated carbocycles.